The van der Waals surface area contributed by atoms with Crippen molar-refractivity contribution in [2.45, 2.75) is 6.92 Å². The summed E-state index contributed by atoms with van der Waals surface area (Å²) >= 11 is 7.20. The number of hydrogen-bond acceptors (Lipinski definition) is 2. The van der Waals surface area contributed by atoms with Crippen LogP contribution in [0.2, 0.25) is 0 Å². The Balaban J connectivity index is 4.22. The van der Waals surface area contributed by atoms with Gasteiger partial charge in [-0.15, -0.1) is 0 Å². The fourth-order valence-electron chi connectivity index (χ4n) is 0.176. The Labute approximate surface area is 66.8 Å². The molecule has 0 bridgehead atoms. The minimum atomic E-state index is -0.359. The highest BCUT2D eigenvalue weighted by Gasteiger charge is 1.97. The molecule has 0 aliphatic rings. The Morgan fingerprint density at radius 3 is 2.78 bits per heavy atom. The molecule has 0 heterocycles. The zero-order valence-corrected chi connectivity index (χ0v) is 7.12. The summed E-state index contributed by atoms with van der Waals surface area (Å²) in [7, 11) is 0. The van der Waals surface area contributed by atoms with E-state index in [9.17, 15) is 4.79 Å². The molecule has 0 rings (SSSR count). The van der Waals surface area contributed by atoms with Crippen molar-refractivity contribution in [1.82, 2.24) is 0 Å². The second kappa shape index (κ2) is 4.56. The van der Waals surface area contributed by atoms with Crippen LogP contribution in [0.3, 0.4) is 0 Å². The van der Waals surface area contributed by atoms with Crippen molar-refractivity contribution < 1.29 is 4.79 Å². The van der Waals surface area contributed by atoms with Crippen LogP contribution in [0.4, 0.5) is 0 Å². The van der Waals surface area contributed by atoms with Gasteiger partial charge in [-0.3, -0.25) is 4.79 Å². The summed E-state index contributed by atoms with van der Waals surface area (Å²) in [6, 6.07) is 0. The molecular weight excluding hydrogens is 202 g/mol. The summed E-state index contributed by atoms with van der Waals surface area (Å²) in [5.74, 6) is -0.359. The Hall–Kier alpha value is -0.310. The molecule has 0 aliphatic carbocycles. The number of thiocarbonyl (C=S) groups is 1. The van der Waals surface area contributed by atoms with Gasteiger partial charge in [-0.2, -0.15) is 4.99 Å². The van der Waals surface area contributed by atoms with E-state index in [4.69, 9.17) is 0 Å². The van der Waals surface area contributed by atoms with Gasteiger partial charge in [0.15, 0.2) is 0 Å². The highest BCUT2D eigenvalue weighted by Crippen LogP contribution is 1.98. The zero-order valence-electron chi connectivity index (χ0n) is 4.72. The lowest BCUT2D eigenvalue weighted by Gasteiger charge is -1.84. The molecule has 0 spiro atoms. The lowest BCUT2D eigenvalue weighted by atomic mass is 10.3. The third-order valence-corrected chi connectivity index (χ3v) is 1.43. The molecule has 0 aliphatic heterocycles. The number of carbonyl (C=O) groups is 1. The van der Waals surface area contributed by atoms with E-state index in [0.717, 1.165) is 0 Å². The molecule has 0 unspecified atom stereocenters. The highest BCUT2D eigenvalue weighted by molar-refractivity contribution is 9.11. The largest absolute Gasteiger partial charge is 0.282 e. The van der Waals surface area contributed by atoms with Crippen LogP contribution in [0.25, 0.3) is 0 Å². The quantitative estimate of drug-likeness (QED) is 0.372. The minimum Gasteiger partial charge on any atom is -0.266 e. The van der Waals surface area contributed by atoms with Crippen molar-refractivity contribution >= 4 is 39.2 Å². The van der Waals surface area contributed by atoms with Crippen LogP contribution in [0.1, 0.15) is 6.92 Å². The van der Waals surface area contributed by atoms with Gasteiger partial charge in [0, 0.05) is 5.57 Å². The molecule has 0 N–H and O–H groups in total. The Kier molecular flexibility index (Phi) is 4.40. The second-order valence-electron chi connectivity index (χ2n) is 1.30. The van der Waals surface area contributed by atoms with E-state index in [1.807, 2.05) is 5.16 Å². The smallest absolute Gasteiger partial charge is 0.266 e. The average Bonchev–Trinajstić information content (AvgIpc) is 1.87. The molecule has 0 saturated carbocycles. The van der Waals surface area contributed by atoms with Gasteiger partial charge >= 0.3 is 0 Å². The minimum absolute atomic E-state index is 0.359. The first-order valence-corrected chi connectivity index (χ1v) is 3.44. The van der Waals surface area contributed by atoms with Crippen LogP contribution in [-0.2, 0) is 4.79 Å². The van der Waals surface area contributed by atoms with Gasteiger partial charge in [0.1, 0.15) is 0 Å². The lowest BCUT2D eigenvalue weighted by Crippen LogP contribution is -1.91. The summed E-state index contributed by atoms with van der Waals surface area (Å²) in [6.45, 7) is 1.63. The zero-order chi connectivity index (χ0) is 7.28. The van der Waals surface area contributed by atoms with Crippen LogP contribution in [-0.4, -0.2) is 11.1 Å². The molecule has 0 fully saturated rings. The van der Waals surface area contributed by atoms with Gasteiger partial charge < -0.3 is 0 Å². The SMILES string of the molecule is C/C(=C\Br)C(=O)N=C=S. The van der Waals surface area contributed by atoms with Gasteiger partial charge in [-0.25, -0.2) is 0 Å². The standard InChI is InChI=1S/C5H4BrNOS/c1-4(2-6)5(8)7-3-9/h2H,1H3/b4-2+. The van der Waals surface area contributed by atoms with Gasteiger partial charge in [-0.1, -0.05) is 15.9 Å². The Bertz CT molecular complexity index is 193. The van der Waals surface area contributed by atoms with E-state index in [-0.39, 0.29) is 5.91 Å². The number of amides is 1. The Morgan fingerprint density at radius 1 is 1.89 bits per heavy atom. The lowest BCUT2D eigenvalue weighted by molar-refractivity contribution is -0.114. The fourth-order valence-corrected chi connectivity index (χ4v) is 0.455. The predicted octanol–water partition coefficient (Wildman–Crippen LogP) is 1.91. The van der Waals surface area contributed by atoms with Crippen LogP contribution in [0.5, 0.6) is 0 Å². The maximum absolute atomic E-state index is 10.6. The van der Waals surface area contributed by atoms with Crippen LogP contribution in [0, 0.1) is 0 Å². The normalized spacial score (nSPS) is 10.2. The van der Waals surface area contributed by atoms with Crippen molar-refractivity contribution in [3.63, 3.8) is 0 Å². The van der Waals surface area contributed by atoms with Gasteiger partial charge in [0.05, 0.1) is 5.16 Å². The number of isothiocyanates is 1. The molecule has 1 amide bonds. The predicted molar refractivity (Wildman–Crippen MR) is 42.7 cm³/mol. The van der Waals surface area contributed by atoms with Crippen LogP contribution >= 0.6 is 28.1 Å². The molecule has 9 heavy (non-hydrogen) atoms. The summed E-state index contributed by atoms with van der Waals surface area (Å²) in [4.78, 5) is 15.3. The van der Waals surface area contributed by atoms with E-state index < -0.39 is 0 Å². The summed E-state index contributed by atoms with van der Waals surface area (Å²) < 4.78 is 0. The van der Waals surface area contributed by atoms with Crippen molar-refractivity contribution in [1.29, 1.82) is 0 Å². The van der Waals surface area contributed by atoms with Crippen molar-refractivity contribution in [2.75, 3.05) is 0 Å². The third kappa shape index (κ3) is 3.30. The highest BCUT2D eigenvalue weighted by atomic mass is 79.9. The van der Waals surface area contributed by atoms with Gasteiger partial charge in [0.2, 0.25) is 0 Å². The molecule has 0 aromatic carbocycles. The molecule has 0 aromatic heterocycles. The maximum atomic E-state index is 10.6. The first-order chi connectivity index (χ1) is 4.22. The molecule has 4 heteroatoms. The van der Waals surface area contributed by atoms with E-state index in [1.165, 1.54) is 4.99 Å². The van der Waals surface area contributed by atoms with Crippen LogP contribution in [0.15, 0.2) is 15.6 Å². The molecule has 2 nitrogen and oxygen atoms in total. The Morgan fingerprint density at radius 2 is 2.44 bits per heavy atom. The van der Waals surface area contributed by atoms with Gasteiger partial charge in [-0.05, 0) is 24.1 Å². The topological polar surface area (TPSA) is 29.4 Å². The van der Waals surface area contributed by atoms with E-state index in [2.05, 4.69) is 33.1 Å². The molecule has 0 aromatic rings. The van der Waals surface area contributed by atoms with Crippen LogP contribution < -0.4 is 0 Å². The first-order valence-electron chi connectivity index (χ1n) is 2.11. The van der Waals surface area contributed by atoms with E-state index >= 15 is 0 Å². The van der Waals surface area contributed by atoms with E-state index in [0.29, 0.717) is 5.57 Å². The molecule has 0 atom stereocenters. The number of aliphatic imine (C=N–C) groups is 1. The van der Waals surface area contributed by atoms with Crippen molar-refractivity contribution in [2.24, 2.45) is 4.99 Å². The number of hydrogen-bond donors (Lipinski definition) is 0. The van der Waals surface area contributed by atoms with Crippen molar-refractivity contribution in [3.8, 4) is 0 Å². The summed E-state index contributed by atoms with van der Waals surface area (Å²) in [5, 5.41) is 1.98. The monoisotopic (exact) mass is 205 g/mol. The molecule has 48 valence electrons. The third-order valence-electron chi connectivity index (χ3n) is 0.648. The molecular formula is C5H4BrNOS. The number of nitrogens with zero attached hydrogens (tertiary/aromatic N) is 1. The van der Waals surface area contributed by atoms with E-state index in [1.54, 1.807) is 6.92 Å². The second-order valence-corrected chi connectivity index (χ2v) is 1.94. The first kappa shape index (κ1) is 8.69. The fraction of sp³-hybridized carbons (Fsp3) is 0.200. The summed E-state index contributed by atoms with van der Waals surface area (Å²) in [5.41, 5.74) is 0.507. The van der Waals surface area contributed by atoms with Gasteiger partial charge in [0.25, 0.3) is 5.91 Å². The molecule has 0 saturated heterocycles. The number of carbonyl (C=O) groups excluding carboxylic acids is 1. The molecule has 0 radical (unpaired) electrons. The maximum Gasteiger partial charge on any atom is 0.282 e. The van der Waals surface area contributed by atoms with Crippen molar-refractivity contribution in [3.05, 3.63) is 10.6 Å². The summed E-state index contributed by atoms with van der Waals surface area (Å²) in [6.07, 6.45) is 0. The average molecular weight is 206 g/mol. The number of halogens is 1. The number of rotatable bonds is 1.